The summed E-state index contributed by atoms with van der Waals surface area (Å²) < 4.78 is 44.6. The molecule has 6 nitrogen and oxygen atoms in total. The second kappa shape index (κ2) is 6.05. The van der Waals surface area contributed by atoms with Crippen molar-refractivity contribution in [3.63, 3.8) is 0 Å². The Balaban J connectivity index is 1.65. The molecule has 3 rings (SSSR count). The highest BCUT2D eigenvalue weighted by molar-refractivity contribution is 5.33. The van der Waals surface area contributed by atoms with Gasteiger partial charge in [-0.25, -0.2) is 4.98 Å². The Morgan fingerprint density at radius 1 is 1.30 bits per heavy atom. The summed E-state index contributed by atoms with van der Waals surface area (Å²) in [6, 6.07) is 5.41. The molecular weight excluding hydrogens is 311 g/mol. The number of aromatic nitrogens is 4. The second-order valence-electron chi connectivity index (χ2n) is 5.41. The predicted molar refractivity (Wildman–Crippen MR) is 76.2 cm³/mol. The van der Waals surface area contributed by atoms with Crippen LogP contribution in [0, 0.1) is 0 Å². The summed E-state index contributed by atoms with van der Waals surface area (Å²) in [7, 11) is 1.54. The van der Waals surface area contributed by atoms with E-state index in [1.165, 1.54) is 4.57 Å². The lowest BCUT2D eigenvalue weighted by Crippen LogP contribution is -2.27. The van der Waals surface area contributed by atoms with Crippen LogP contribution in [0.2, 0.25) is 0 Å². The van der Waals surface area contributed by atoms with Crippen LogP contribution in [0.15, 0.2) is 24.4 Å². The molecule has 23 heavy (non-hydrogen) atoms. The number of pyridine rings is 1. The molecule has 0 aromatic carbocycles. The Morgan fingerprint density at radius 3 is 2.83 bits per heavy atom. The average Bonchev–Trinajstić information content (AvgIpc) is 3.07. The standard InChI is InChI=1S/C14H16F3N5O/c1-21-11(8-14(15,16)17)19-20-13(21)22-7-5-10(9-22)23-12-4-2-3-6-18-12/h2-4,6,10H,5,7-9H2,1H3. The first-order valence-corrected chi connectivity index (χ1v) is 7.20. The molecule has 1 atom stereocenters. The minimum atomic E-state index is -4.30. The molecule has 0 saturated carbocycles. The molecule has 2 aromatic rings. The fourth-order valence-electron chi connectivity index (χ4n) is 2.55. The van der Waals surface area contributed by atoms with Gasteiger partial charge in [-0.3, -0.25) is 0 Å². The molecular formula is C14H16F3N5O. The van der Waals surface area contributed by atoms with E-state index in [4.69, 9.17) is 4.74 Å². The lowest BCUT2D eigenvalue weighted by molar-refractivity contribution is -0.128. The highest BCUT2D eigenvalue weighted by Gasteiger charge is 2.33. The van der Waals surface area contributed by atoms with E-state index in [-0.39, 0.29) is 11.9 Å². The Labute approximate surface area is 130 Å². The third-order valence-corrected chi connectivity index (χ3v) is 3.65. The van der Waals surface area contributed by atoms with E-state index in [1.807, 2.05) is 11.0 Å². The zero-order valence-corrected chi connectivity index (χ0v) is 12.5. The van der Waals surface area contributed by atoms with Crippen molar-refractivity contribution in [3.05, 3.63) is 30.2 Å². The summed E-state index contributed by atoms with van der Waals surface area (Å²) in [6.45, 7) is 1.18. The van der Waals surface area contributed by atoms with Gasteiger partial charge in [0.15, 0.2) is 0 Å². The fourth-order valence-corrected chi connectivity index (χ4v) is 2.55. The first kappa shape index (κ1) is 15.6. The molecule has 3 heterocycles. The third-order valence-electron chi connectivity index (χ3n) is 3.65. The molecule has 1 aliphatic heterocycles. The van der Waals surface area contributed by atoms with Crippen LogP contribution in [0.25, 0.3) is 0 Å². The minimum Gasteiger partial charge on any atom is -0.472 e. The van der Waals surface area contributed by atoms with E-state index in [0.29, 0.717) is 24.9 Å². The maximum Gasteiger partial charge on any atom is 0.396 e. The zero-order valence-electron chi connectivity index (χ0n) is 12.5. The number of rotatable bonds is 4. The van der Waals surface area contributed by atoms with E-state index in [9.17, 15) is 13.2 Å². The molecule has 1 aliphatic rings. The van der Waals surface area contributed by atoms with Crippen molar-refractivity contribution >= 4 is 5.95 Å². The Morgan fingerprint density at radius 2 is 2.13 bits per heavy atom. The molecule has 124 valence electrons. The van der Waals surface area contributed by atoms with Crippen molar-refractivity contribution < 1.29 is 17.9 Å². The van der Waals surface area contributed by atoms with Gasteiger partial charge in [0.1, 0.15) is 18.3 Å². The Hall–Kier alpha value is -2.32. The van der Waals surface area contributed by atoms with Crippen molar-refractivity contribution in [3.8, 4) is 5.88 Å². The molecule has 9 heteroatoms. The molecule has 2 aromatic heterocycles. The van der Waals surface area contributed by atoms with Crippen LogP contribution in [0.4, 0.5) is 19.1 Å². The number of anilines is 1. The average molecular weight is 327 g/mol. The Bertz CT molecular complexity index is 658. The van der Waals surface area contributed by atoms with E-state index >= 15 is 0 Å². The quantitative estimate of drug-likeness (QED) is 0.859. The van der Waals surface area contributed by atoms with Crippen molar-refractivity contribution in [2.24, 2.45) is 7.05 Å². The largest absolute Gasteiger partial charge is 0.472 e. The van der Waals surface area contributed by atoms with Crippen molar-refractivity contribution in [2.75, 3.05) is 18.0 Å². The van der Waals surface area contributed by atoms with E-state index in [0.717, 1.165) is 6.42 Å². The van der Waals surface area contributed by atoms with Crippen LogP contribution in [0.3, 0.4) is 0 Å². The van der Waals surface area contributed by atoms with Crippen LogP contribution in [0.1, 0.15) is 12.2 Å². The van der Waals surface area contributed by atoms with Gasteiger partial charge in [0.25, 0.3) is 0 Å². The van der Waals surface area contributed by atoms with Crippen LogP contribution in [0.5, 0.6) is 5.88 Å². The van der Waals surface area contributed by atoms with Crippen LogP contribution >= 0.6 is 0 Å². The molecule has 0 bridgehead atoms. The van der Waals surface area contributed by atoms with Crippen molar-refractivity contribution in [2.45, 2.75) is 25.1 Å². The second-order valence-corrected chi connectivity index (χ2v) is 5.41. The highest BCUT2D eigenvalue weighted by Crippen LogP contribution is 2.24. The number of alkyl halides is 3. The zero-order chi connectivity index (χ0) is 16.4. The monoisotopic (exact) mass is 327 g/mol. The first-order chi connectivity index (χ1) is 10.9. The number of nitrogens with zero attached hydrogens (tertiary/aromatic N) is 5. The van der Waals surface area contributed by atoms with Crippen molar-refractivity contribution in [1.82, 2.24) is 19.7 Å². The molecule has 1 fully saturated rings. The van der Waals surface area contributed by atoms with Gasteiger partial charge < -0.3 is 14.2 Å². The predicted octanol–water partition coefficient (Wildman–Crippen LogP) is 1.97. The minimum absolute atomic E-state index is 0.0762. The van der Waals surface area contributed by atoms with Crippen LogP contribution in [-0.4, -0.2) is 45.1 Å². The van der Waals surface area contributed by atoms with Gasteiger partial charge in [0.2, 0.25) is 11.8 Å². The number of ether oxygens (including phenoxy) is 1. The summed E-state index contributed by atoms with van der Waals surface area (Å²) in [5, 5.41) is 7.54. The Kier molecular flexibility index (Phi) is 4.10. The smallest absolute Gasteiger partial charge is 0.396 e. The maximum absolute atomic E-state index is 12.5. The van der Waals surface area contributed by atoms with Gasteiger partial charge in [-0.05, 0) is 6.07 Å². The van der Waals surface area contributed by atoms with Crippen LogP contribution < -0.4 is 9.64 Å². The molecule has 1 unspecified atom stereocenters. The number of halogens is 3. The van der Waals surface area contributed by atoms with Gasteiger partial charge in [0.05, 0.1) is 6.54 Å². The normalized spacial score (nSPS) is 18.4. The van der Waals surface area contributed by atoms with Gasteiger partial charge in [0, 0.05) is 32.3 Å². The summed E-state index contributed by atoms with van der Waals surface area (Å²) in [5.74, 6) is 0.869. The fraction of sp³-hybridized carbons (Fsp3) is 0.500. The van der Waals surface area contributed by atoms with E-state index in [2.05, 4.69) is 15.2 Å². The highest BCUT2D eigenvalue weighted by atomic mass is 19.4. The molecule has 1 saturated heterocycles. The summed E-state index contributed by atoms with van der Waals surface area (Å²) >= 11 is 0. The summed E-state index contributed by atoms with van der Waals surface area (Å²) in [6.07, 6.45) is -3.06. The third kappa shape index (κ3) is 3.72. The van der Waals surface area contributed by atoms with Gasteiger partial charge in [-0.15, -0.1) is 10.2 Å². The topological polar surface area (TPSA) is 56.1 Å². The van der Waals surface area contributed by atoms with Gasteiger partial charge >= 0.3 is 6.18 Å². The molecule has 0 radical (unpaired) electrons. The van der Waals surface area contributed by atoms with Crippen molar-refractivity contribution in [1.29, 1.82) is 0 Å². The number of hydrogen-bond acceptors (Lipinski definition) is 5. The number of hydrogen-bond donors (Lipinski definition) is 0. The van der Waals surface area contributed by atoms with Crippen LogP contribution in [-0.2, 0) is 13.5 Å². The van der Waals surface area contributed by atoms with E-state index < -0.39 is 12.6 Å². The molecule has 0 spiro atoms. The molecule has 0 N–H and O–H groups in total. The lowest BCUT2D eigenvalue weighted by Gasteiger charge is -2.17. The lowest BCUT2D eigenvalue weighted by atomic mass is 10.3. The van der Waals surface area contributed by atoms with Gasteiger partial charge in [-0.1, -0.05) is 6.07 Å². The van der Waals surface area contributed by atoms with E-state index in [1.54, 1.807) is 25.4 Å². The SMILES string of the molecule is Cn1c(CC(F)(F)F)nnc1N1CCC(Oc2ccccn2)C1. The molecule has 0 aliphatic carbocycles. The molecule has 0 amide bonds. The first-order valence-electron chi connectivity index (χ1n) is 7.20. The maximum atomic E-state index is 12.5. The summed E-state index contributed by atoms with van der Waals surface area (Å²) in [5.41, 5.74) is 0. The van der Waals surface area contributed by atoms with Gasteiger partial charge in [-0.2, -0.15) is 13.2 Å². The summed E-state index contributed by atoms with van der Waals surface area (Å²) in [4.78, 5) is 5.98.